The molecule has 3 unspecified atom stereocenters. The predicted octanol–water partition coefficient (Wildman–Crippen LogP) is 6.30. The van der Waals surface area contributed by atoms with Gasteiger partial charge in [0.1, 0.15) is 18.5 Å². The molecule has 1 fully saturated rings. The third-order valence-electron chi connectivity index (χ3n) is 8.65. The van der Waals surface area contributed by atoms with E-state index in [0.29, 0.717) is 56.2 Å². The van der Waals surface area contributed by atoms with E-state index >= 15 is 0 Å². The molecule has 2 aromatic rings. The molecule has 260 valence electrons. The number of benzene rings is 2. The van der Waals surface area contributed by atoms with Gasteiger partial charge in [0.25, 0.3) is 0 Å². The van der Waals surface area contributed by atoms with Crippen molar-refractivity contribution in [3.8, 4) is 17.8 Å². The molecule has 1 heterocycles. The maximum Gasteiger partial charge on any atom is 0.233 e. The highest BCUT2D eigenvalue weighted by molar-refractivity contribution is 8.00. The van der Waals surface area contributed by atoms with Gasteiger partial charge in [0.15, 0.2) is 0 Å². The molecular weight excluding hydrogens is 627 g/mol. The fourth-order valence-corrected chi connectivity index (χ4v) is 7.27. The Balaban J connectivity index is 1.53. The molecule has 4 N–H and O–H groups in total. The van der Waals surface area contributed by atoms with Crippen LogP contribution in [0.25, 0.3) is 0 Å². The van der Waals surface area contributed by atoms with E-state index in [0.717, 1.165) is 41.7 Å². The lowest BCUT2D eigenvalue weighted by atomic mass is 9.85. The number of aryl methyl sites for hydroxylation is 2. The van der Waals surface area contributed by atoms with Crippen LogP contribution in [-0.2, 0) is 20.7 Å². The average Bonchev–Trinajstić information content (AvgIpc) is 3.41. The predicted molar refractivity (Wildman–Crippen MR) is 192 cm³/mol. The molecule has 9 nitrogen and oxygen atoms in total. The van der Waals surface area contributed by atoms with Crippen LogP contribution in [0.3, 0.4) is 0 Å². The number of aliphatic hydroxyl groups excluding tert-OH is 2. The number of carbonyl (C=O) groups is 2. The Bertz CT molecular complexity index is 1480. The average molecular weight is 678 g/mol. The first-order chi connectivity index (χ1) is 23.0. The van der Waals surface area contributed by atoms with Crippen LogP contribution >= 0.6 is 11.8 Å². The normalized spacial score (nSPS) is 16.8. The van der Waals surface area contributed by atoms with Crippen LogP contribution in [0.2, 0.25) is 0 Å². The van der Waals surface area contributed by atoms with Crippen molar-refractivity contribution < 1.29 is 29.3 Å². The number of carbonyl (C=O) groups excluding carboxylic acids is 2. The van der Waals surface area contributed by atoms with Crippen molar-refractivity contribution in [1.29, 1.82) is 5.41 Å². The highest BCUT2D eigenvalue weighted by Gasteiger charge is 2.35. The van der Waals surface area contributed by atoms with Crippen LogP contribution in [-0.4, -0.2) is 82.6 Å². The molecule has 0 spiro atoms. The Morgan fingerprint density at radius 1 is 1.10 bits per heavy atom. The van der Waals surface area contributed by atoms with Crippen molar-refractivity contribution in [2.75, 3.05) is 37.9 Å². The summed E-state index contributed by atoms with van der Waals surface area (Å²) in [6.45, 7) is 11.1. The smallest absolute Gasteiger partial charge is 0.233 e. The third kappa shape index (κ3) is 11.9. The van der Waals surface area contributed by atoms with E-state index in [1.165, 1.54) is 17.3 Å². The molecule has 0 aliphatic carbocycles. The first kappa shape index (κ1) is 38.5. The van der Waals surface area contributed by atoms with E-state index in [1.807, 2.05) is 54.3 Å². The molecule has 0 bridgehead atoms. The number of allylic oxidation sites excluding steroid dienone is 1. The SMILES string of the molecule is CC(=N)/C(CSCC(=O)N1C(C)CCC1CC(C)c1c(C#CO)cccc1CCC(=O)NCCOCCOc1ccc(C)cc1)=C(/C)O. The van der Waals surface area contributed by atoms with Crippen LogP contribution in [0.1, 0.15) is 81.5 Å². The maximum absolute atomic E-state index is 13.4. The maximum atomic E-state index is 13.4. The lowest BCUT2D eigenvalue weighted by molar-refractivity contribution is -0.131. The lowest BCUT2D eigenvalue weighted by Gasteiger charge is -2.31. The number of nitrogens with zero attached hydrogens (tertiary/aromatic N) is 1. The van der Waals surface area contributed by atoms with E-state index in [4.69, 9.17) is 14.9 Å². The number of thioether (sulfide) groups is 1. The minimum atomic E-state index is -0.0711. The van der Waals surface area contributed by atoms with Gasteiger partial charge in [-0.15, -0.1) is 11.8 Å². The Kier molecular flexibility index (Phi) is 15.9. The van der Waals surface area contributed by atoms with Gasteiger partial charge >= 0.3 is 0 Å². The summed E-state index contributed by atoms with van der Waals surface area (Å²) in [7, 11) is 0. The van der Waals surface area contributed by atoms with Crippen LogP contribution < -0.4 is 10.1 Å². The van der Waals surface area contributed by atoms with E-state index in [-0.39, 0.29) is 41.3 Å². The third-order valence-corrected chi connectivity index (χ3v) is 9.59. The number of aliphatic hydroxyl groups is 2. The Labute approximate surface area is 290 Å². The zero-order valence-corrected chi connectivity index (χ0v) is 29.8. The van der Waals surface area contributed by atoms with Gasteiger partial charge in [-0.2, -0.15) is 0 Å². The minimum Gasteiger partial charge on any atom is -0.512 e. The van der Waals surface area contributed by atoms with Gasteiger partial charge in [0, 0.05) is 47.7 Å². The molecule has 1 saturated heterocycles. The van der Waals surface area contributed by atoms with Crippen LogP contribution in [0.4, 0.5) is 0 Å². The van der Waals surface area contributed by atoms with E-state index < -0.39 is 0 Å². The van der Waals surface area contributed by atoms with E-state index in [9.17, 15) is 19.8 Å². The van der Waals surface area contributed by atoms with Gasteiger partial charge in [0.2, 0.25) is 11.8 Å². The highest BCUT2D eigenvalue weighted by Crippen LogP contribution is 2.35. The zero-order valence-electron chi connectivity index (χ0n) is 28.9. The minimum absolute atomic E-state index is 0.0287. The summed E-state index contributed by atoms with van der Waals surface area (Å²) >= 11 is 1.42. The summed E-state index contributed by atoms with van der Waals surface area (Å²) in [4.78, 5) is 28.1. The first-order valence-corrected chi connectivity index (χ1v) is 17.8. The summed E-state index contributed by atoms with van der Waals surface area (Å²) < 4.78 is 11.3. The van der Waals surface area contributed by atoms with Gasteiger partial charge < -0.3 is 35.3 Å². The van der Waals surface area contributed by atoms with Gasteiger partial charge in [0.05, 0.1) is 24.7 Å². The molecule has 2 amide bonds. The van der Waals surface area contributed by atoms with Crippen molar-refractivity contribution in [1.82, 2.24) is 10.2 Å². The molecular formula is C38H51N3O6S. The first-order valence-electron chi connectivity index (χ1n) is 16.7. The molecule has 1 aliphatic rings. The number of rotatable bonds is 18. The van der Waals surface area contributed by atoms with Crippen LogP contribution in [0.5, 0.6) is 5.75 Å². The van der Waals surface area contributed by atoms with Crippen molar-refractivity contribution in [2.45, 2.75) is 84.7 Å². The highest BCUT2D eigenvalue weighted by atomic mass is 32.2. The largest absolute Gasteiger partial charge is 0.512 e. The monoisotopic (exact) mass is 677 g/mol. The Morgan fingerprint density at radius 2 is 1.85 bits per heavy atom. The second-order valence-electron chi connectivity index (χ2n) is 12.4. The number of amides is 2. The fourth-order valence-electron chi connectivity index (χ4n) is 6.21. The molecule has 3 rings (SSSR count). The molecule has 0 aromatic heterocycles. The van der Waals surface area contributed by atoms with Gasteiger partial charge in [-0.3, -0.25) is 9.59 Å². The zero-order chi connectivity index (χ0) is 35.1. The lowest BCUT2D eigenvalue weighted by Crippen LogP contribution is -2.41. The summed E-state index contributed by atoms with van der Waals surface area (Å²) in [6.07, 6.45) is 5.42. The second kappa shape index (κ2) is 19.8. The van der Waals surface area contributed by atoms with Gasteiger partial charge in [-0.25, -0.2) is 0 Å². The second-order valence-corrected chi connectivity index (χ2v) is 13.4. The van der Waals surface area contributed by atoms with Gasteiger partial charge in [-0.1, -0.05) is 36.8 Å². The van der Waals surface area contributed by atoms with E-state index in [1.54, 1.807) is 13.8 Å². The number of nitrogens with one attached hydrogen (secondary N) is 2. The molecule has 0 radical (unpaired) electrons. The summed E-state index contributed by atoms with van der Waals surface area (Å²) in [5.41, 5.74) is 4.77. The molecule has 1 aliphatic heterocycles. The molecule has 48 heavy (non-hydrogen) atoms. The topological polar surface area (TPSA) is 132 Å². The number of hydrogen-bond donors (Lipinski definition) is 4. The summed E-state index contributed by atoms with van der Waals surface area (Å²) in [6, 6.07) is 13.8. The fraction of sp³-hybridized carbons (Fsp3) is 0.500. The molecule has 2 aromatic carbocycles. The summed E-state index contributed by atoms with van der Waals surface area (Å²) in [5, 5.41) is 30.2. The van der Waals surface area contributed by atoms with Crippen molar-refractivity contribution in [3.63, 3.8) is 0 Å². The van der Waals surface area contributed by atoms with Crippen molar-refractivity contribution in [3.05, 3.63) is 76.1 Å². The number of hydrogen-bond acceptors (Lipinski definition) is 8. The summed E-state index contributed by atoms with van der Waals surface area (Å²) in [5.74, 6) is 4.45. The molecule has 0 saturated carbocycles. The Morgan fingerprint density at radius 3 is 2.54 bits per heavy atom. The van der Waals surface area contributed by atoms with E-state index in [2.05, 4.69) is 31.2 Å². The molecule has 10 heteroatoms. The van der Waals surface area contributed by atoms with Crippen LogP contribution in [0.15, 0.2) is 53.8 Å². The van der Waals surface area contributed by atoms with Gasteiger partial charge in [-0.05, 0) is 94.5 Å². The number of likely N-dealkylation sites (tertiary alicyclic amines) is 1. The number of ether oxygens (including phenoxy) is 2. The van der Waals surface area contributed by atoms with Crippen molar-refractivity contribution >= 4 is 29.3 Å². The quantitative estimate of drug-likeness (QED) is 0.0630. The van der Waals surface area contributed by atoms with Crippen molar-refractivity contribution in [2.24, 2.45) is 0 Å². The standard InChI is InChI=1S/C38H51N3O6S/c1-26-9-14-34(15-10-26)47-22-21-46-20-18-40-36(44)16-12-31-7-6-8-32(17-19-42)38(31)27(2)23-33-13-11-28(3)41(33)37(45)25-48-24-35(29(4)39)30(5)43/h6-10,14-15,27-28,33,39,42-43H,11-13,16,18,20-25H2,1-5H3,(H,40,44)/b35-30-,39-29?. The Hall–Kier alpha value is -3.94. The molecule has 3 atom stereocenters. The van der Waals surface area contributed by atoms with Crippen LogP contribution in [0, 0.1) is 24.4 Å².